The predicted molar refractivity (Wildman–Crippen MR) is 100 cm³/mol. The van der Waals surface area contributed by atoms with Gasteiger partial charge in [-0.2, -0.15) is 0 Å². The van der Waals surface area contributed by atoms with Gasteiger partial charge in [-0.3, -0.25) is 4.79 Å². The minimum absolute atomic E-state index is 0.0120. The van der Waals surface area contributed by atoms with Gasteiger partial charge in [0, 0.05) is 20.5 Å². The first kappa shape index (κ1) is 18.7. The van der Waals surface area contributed by atoms with Gasteiger partial charge < -0.3 is 10.1 Å². The number of esters is 1. The van der Waals surface area contributed by atoms with Crippen LogP contribution >= 0.6 is 27.3 Å². The van der Waals surface area contributed by atoms with E-state index in [1.165, 1.54) is 7.11 Å². The van der Waals surface area contributed by atoms with Gasteiger partial charge in [0.1, 0.15) is 6.04 Å². The van der Waals surface area contributed by atoms with Crippen LogP contribution in [0.1, 0.15) is 30.6 Å². The molecule has 1 aromatic carbocycles. The molecule has 4 nitrogen and oxygen atoms in total. The van der Waals surface area contributed by atoms with Gasteiger partial charge in [0.15, 0.2) is 0 Å². The van der Waals surface area contributed by atoms with Crippen LogP contribution in [0.15, 0.2) is 40.2 Å². The van der Waals surface area contributed by atoms with Crippen molar-refractivity contribution in [1.29, 1.82) is 0 Å². The highest BCUT2D eigenvalue weighted by Gasteiger charge is 2.28. The first-order valence-electron chi connectivity index (χ1n) is 7.70. The molecule has 2 atom stereocenters. The summed E-state index contributed by atoms with van der Waals surface area (Å²) in [5.74, 6) is -0.712. The molecule has 6 heteroatoms. The Morgan fingerprint density at radius 3 is 2.67 bits per heavy atom. The number of benzene rings is 1. The average Bonchev–Trinajstić information content (AvgIpc) is 3.12. The lowest BCUT2D eigenvalue weighted by atomic mass is 9.98. The second kappa shape index (κ2) is 8.44. The average molecular weight is 410 g/mol. The van der Waals surface area contributed by atoms with Crippen LogP contribution < -0.4 is 5.32 Å². The molecule has 0 radical (unpaired) electrons. The van der Waals surface area contributed by atoms with Gasteiger partial charge in [-0.05, 0) is 35.6 Å². The molecule has 2 aromatic rings. The molecule has 2 rings (SSSR count). The Morgan fingerprint density at radius 2 is 2.08 bits per heavy atom. The van der Waals surface area contributed by atoms with Gasteiger partial charge in [0.05, 0.1) is 7.11 Å². The number of nitrogens with one attached hydrogen (secondary N) is 1. The van der Waals surface area contributed by atoms with Crippen molar-refractivity contribution in [3.8, 4) is 10.4 Å². The molecule has 0 aliphatic carbocycles. The number of carbonyl (C=O) groups excluding carboxylic acids is 2. The molecule has 1 amide bonds. The van der Waals surface area contributed by atoms with Crippen molar-refractivity contribution in [1.82, 2.24) is 5.32 Å². The highest BCUT2D eigenvalue weighted by Crippen LogP contribution is 2.31. The minimum atomic E-state index is -0.660. The molecule has 2 unspecified atom stereocenters. The van der Waals surface area contributed by atoms with E-state index >= 15 is 0 Å². The van der Waals surface area contributed by atoms with Crippen LogP contribution in [0.3, 0.4) is 0 Å². The van der Waals surface area contributed by atoms with Crippen LogP contribution in [0, 0.1) is 5.92 Å². The minimum Gasteiger partial charge on any atom is -0.467 e. The molecular weight excluding hydrogens is 390 g/mol. The fourth-order valence-corrected chi connectivity index (χ4v) is 3.48. The van der Waals surface area contributed by atoms with Crippen molar-refractivity contribution >= 4 is 39.1 Å². The highest BCUT2D eigenvalue weighted by molar-refractivity contribution is 9.10. The summed E-state index contributed by atoms with van der Waals surface area (Å²) >= 11 is 5.01. The van der Waals surface area contributed by atoms with E-state index in [0.29, 0.717) is 5.56 Å². The fourth-order valence-electron chi connectivity index (χ4n) is 2.37. The number of rotatable bonds is 6. The number of thiophene rings is 1. The van der Waals surface area contributed by atoms with Crippen LogP contribution in [0.2, 0.25) is 0 Å². The summed E-state index contributed by atoms with van der Waals surface area (Å²) in [7, 11) is 1.33. The first-order valence-corrected chi connectivity index (χ1v) is 9.37. The number of halogens is 1. The van der Waals surface area contributed by atoms with E-state index in [2.05, 4.69) is 21.2 Å². The van der Waals surface area contributed by atoms with Gasteiger partial charge >= 0.3 is 5.97 Å². The molecule has 1 aromatic heterocycles. The maximum absolute atomic E-state index is 12.8. The number of hydrogen-bond acceptors (Lipinski definition) is 4. The molecule has 0 saturated carbocycles. The Hall–Kier alpha value is -1.66. The first-order chi connectivity index (χ1) is 11.5. The van der Waals surface area contributed by atoms with Crippen molar-refractivity contribution in [3.63, 3.8) is 0 Å². The molecule has 0 saturated heterocycles. The number of hydrogen-bond donors (Lipinski definition) is 1. The van der Waals surface area contributed by atoms with E-state index < -0.39 is 12.0 Å². The third-order valence-corrected chi connectivity index (χ3v) is 5.36. The zero-order valence-corrected chi connectivity index (χ0v) is 16.2. The van der Waals surface area contributed by atoms with Crippen LogP contribution in [0.4, 0.5) is 0 Å². The molecule has 0 bridgehead atoms. The van der Waals surface area contributed by atoms with Crippen LogP contribution in [0.5, 0.6) is 0 Å². The van der Waals surface area contributed by atoms with E-state index in [1.54, 1.807) is 17.4 Å². The predicted octanol–water partition coefficient (Wildman–Crippen LogP) is 4.50. The Morgan fingerprint density at radius 1 is 1.33 bits per heavy atom. The molecule has 0 aliphatic heterocycles. The molecule has 0 spiro atoms. The van der Waals surface area contributed by atoms with Crippen molar-refractivity contribution in [2.75, 3.05) is 7.11 Å². The molecule has 24 heavy (non-hydrogen) atoms. The lowest BCUT2D eigenvalue weighted by Crippen LogP contribution is -2.45. The molecule has 128 valence electrons. The van der Waals surface area contributed by atoms with Crippen LogP contribution in [-0.4, -0.2) is 25.0 Å². The summed E-state index contributed by atoms with van der Waals surface area (Å²) in [5, 5.41) is 4.80. The summed E-state index contributed by atoms with van der Waals surface area (Å²) in [6.07, 6.45) is 0.762. The lowest BCUT2D eigenvalue weighted by molar-refractivity contribution is -0.144. The van der Waals surface area contributed by atoms with Crippen molar-refractivity contribution in [2.24, 2.45) is 5.92 Å². The number of methoxy groups -OCH3 is 1. The zero-order valence-electron chi connectivity index (χ0n) is 13.8. The summed E-state index contributed by atoms with van der Waals surface area (Å²) in [4.78, 5) is 25.8. The summed E-state index contributed by atoms with van der Waals surface area (Å²) < 4.78 is 5.73. The maximum Gasteiger partial charge on any atom is 0.328 e. The molecule has 1 N–H and O–H groups in total. The fraction of sp³-hybridized carbons (Fsp3) is 0.333. The standard InChI is InChI=1S/C18H20BrNO3S/c1-4-11(2)16(18(22)23-3)20-17(21)13-8-7-12(19)10-14(13)15-6-5-9-24-15/h5-11,16H,4H2,1-3H3,(H,20,21). The van der Waals surface area contributed by atoms with E-state index in [-0.39, 0.29) is 11.8 Å². The van der Waals surface area contributed by atoms with E-state index in [4.69, 9.17) is 4.74 Å². The van der Waals surface area contributed by atoms with Crippen molar-refractivity contribution < 1.29 is 14.3 Å². The van der Waals surface area contributed by atoms with Gasteiger partial charge in [-0.15, -0.1) is 11.3 Å². The topological polar surface area (TPSA) is 55.4 Å². The highest BCUT2D eigenvalue weighted by atomic mass is 79.9. The number of ether oxygens (including phenoxy) is 1. The van der Waals surface area contributed by atoms with Gasteiger partial charge in [0.25, 0.3) is 5.91 Å². The lowest BCUT2D eigenvalue weighted by Gasteiger charge is -2.22. The summed E-state index contributed by atoms with van der Waals surface area (Å²) in [5.41, 5.74) is 1.38. The smallest absolute Gasteiger partial charge is 0.328 e. The summed E-state index contributed by atoms with van der Waals surface area (Å²) in [6, 6.07) is 8.75. The van der Waals surface area contributed by atoms with Gasteiger partial charge in [-0.1, -0.05) is 42.3 Å². The number of carbonyl (C=O) groups is 2. The molecule has 1 heterocycles. The second-order valence-electron chi connectivity index (χ2n) is 5.53. The Balaban J connectivity index is 2.34. The molecular formula is C18H20BrNO3S. The Labute approximate surface area is 154 Å². The van der Waals surface area contributed by atoms with E-state index in [1.807, 2.05) is 43.5 Å². The normalized spacial score (nSPS) is 13.2. The third-order valence-electron chi connectivity index (χ3n) is 3.97. The second-order valence-corrected chi connectivity index (χ2v) is 7.39. The maximum atomic E-state index is 12.8. The molecule has 0 fully saturated rings. The third kappa shape index (κ3) is 4.24. The Bertz CT molecular complexity index is 715. The molecule has 0 aliphatic rings. The monoisotopic (exact) mass is 409 g/mol. The summed E-state index contributed by atoms with van der Waals surface area (Å²) in [6.45, 7) is 3.90. The number of amides is 1. The van der Waals surface area contributed by atoms with E-state index in [9.17, 15) is 9.59 Å². The zero-order chi connectivity index (χ0) is 17.7. The SMILES string of the molecule is CCC(C)C(NC(=O)c1ccc(Br)cc1-c1cccs1)C(=O)OC. The van der Waals surface area contributed by atoms with Gasteiger partial charge in [0.2, 0.25) is 0 Å². The quantitative estimate of drug-likeness (QED) is 0.714. The Kier molecular flexibility index (Phi) is 6.57. The van der Waals surface area contributed by atoms with Crippen LogP contribution in [0.25, 0.3) is 10.4 Å². The van der Waals surface area contributed by atoms with Gasteiger partial charge in [-0.25, -0.2) is 4.79 Å². The van der Waals surface area contributed by atoms with Crippen molar-refractivity contribution in [3.05, 3.63) is 45.7 Å². The van der Waals surface area contributed by atoms with Crippen molar-refractivity contribution in [2.45, 2.75) is 26.3 Å². The largest absolute Gasteiger partial charge is 0.467 e. The van der Waals surface area contributed by atoms with Crippen LogP contribution in [-0.2, 0) is 9.53 Å². The van der Waals surface area contributed by atoms with E-state index in [0.717, 1.165) is 21.3 Å².